The lowest BCUT2D eigenvalue weighted by Crippen LogP contribution is -2.22. The normalized spacial score (nSPS) is 9.05. The summed E-state index contributed by atoms with van der Waals surface area (Å²) in [6, 6.07) is 11.3. The van der Waals surface area contributed by atoms with E-state index in [1.165, 1.54) is 6.92 Å². The Hall–Kier alpha value is -2.24. The van der Waals surface area contributed by atoms with Gasteiger partial charge in [0.2, 0.25) is 5.91 Å². The molecular formula is C14H13N3OS. The van der Waals surface area contributed by atoms with Crippen LogP contribution in [0.3, 0.4) is 0 Å². The first-order valence-electron chi connectivity index (χ1n) is 5.54. The van der Waals surface area contributed by atoms with Gasteiger partial charge >= 0.3 is 0 Å². The molecule has 0 aliphatic heterocycles. The maximum atomic E-state index is 11.0. The number of thioether (sulfide) groups is 1. The lowest BCUT2D eigenvalue weighted by Gasteiger charge is -2.09. The number of benzene rings is 1. The Morgan fingerprint density at radius 1 is 1.26 bits per heavy atom. The van der Waals surface area contributed by atoms with Crippen LogP contribution >= 0.6 is 11.8 Å². The first-order valence-corrected chi connectivity index (χ1v) is 6.77. The van der Waals surface area contributed by atoms with Crippen LogP contribution in [-0.4, -0.2) is 18.7 Å². The van der Waals surface area contributed by atoms with Crippen molar-refractivity contribution in [3.8, 4) is 12.1 Å². The first-order chi connectivity index (χ1) is 9.12. The summed E-state index contributed by atoms with van der Waals surface area (Å²) in [6.07, 6.45) is 1.97. The van der Waals surface area contributed by atoms with Gasteiger partial charge in [-0.2, -0.15) is 10.5 Å². The Morgan fingerprint density at radius 3 is 2.26 bits per heavy atom. The van der Waals surface area contributed by atoms with E-state index in [0.717, 1.165) is 10.5 Å². The fraction of sp³-hybridized carbons (Fsp3) is 0.214. The van der Waals surface area contributed by atoms with E-state index in [1.807, 2.05) is 42.7 Å². The second-order valence-corrected chi connectivity index (χ2v) is 4.60. The van der Waals surface area contributed by atoms with Crippen molar-refractivity contribution < 1.29 is 4.79 Å². The van der Waals surface area contributed by atoms with Crippen molar-refractivity contribution in [2.75, 3.05) is 12.8 Å². The van der Waals surface area contributed by atoms with Crippen LogP contribution in [0.25, 0.3) is 5.57 Å². The SMILES string of the molecule is CSc1ccc(C(CNC(C)=O)=C(C#N)C#N)cc1. The predicted molar refractivity (Wildman–Crippen MR) is 75.1 cm³/mol. The van der Waals surface area contributed by atoms with Gasteiger partial charge in [0, 0.05) is 23.9 Å². The highest BCUT2D eigenvalue weighted by atomic mass is 32.2. The number of nitrogens with zero attached hydrogens (tertiary/aromatic N) is 2. The number of nitrogens with one attached hydrogen (secondary N) is 1. The van der Waals surface area contributed by atoms with Crippen molar-refractivity contribution in [3.05, 3.63) is 35.4 Å². The molecular weight excluding hydrogens is 258 g/mol. The van der Waals surface area contributed by atoms with Crippen molar-refractivity contribution in [1.82, 2.24) is 5.32 Å². The summed E-state index contributed by atoms with van der Waals surface area (Å²) in [5.41, 5.74) is 1.32. The molecule has 0 aliphatic rings. The predicted octanol–water partition coefficient (Wildman–Crippen LogP) is 2.35. The Labute approximate surface area is 116 Å². The van der Waals surface area contributed by atoms with E-state index >= 15 is 0 Å². The van der Waals surface area contributed by atoms with E-state index < -0.39 is 0 Å². The Morgan fingerprint density at radius 2 is 1.84 bits per heavy atom. The molecule has 0 radical (unpaired) electrons. The lowest BCUT2D eigenvalue weighted by molar-refractivity contribution is -0.118. The molecule has 0 aliphatic carbocycles. The zero-order chi connectivity index (χ0) is 14.3. The molecule has 0 fully saturated rings. The lowest BCUT2D eigenvalue weighted by atomic mass is 10.0. The van der Waals surface area contributed by atoms with E-state index in [4.69, 9.17) is 10.5 Å². The molecule has 0 unspecified atom stereocenters. The number of hydrogen-bond acceptors (Lipinski definition) is 4. The average molecular weight is 271 g/mol. The van der Waals surface area contributed by atoms with E-state index in [-0.39, 0.29) is 18.0 Å². The van der Waals surface area contributed by atoms with E-state index in [0.29, 0.717) is 5.57 Å². The van der Waals surface area contributed by atoms with Gasteiger partial charge in [0.1, 0.15) is 17.7 Å². The van der Waals surface area contributed by atoms with Crippen LogP contribution in [0.5, 0.6) is 0 Å². The maximum Gasteiger partial charge on any atom is 0.217 e. The van der Waals surface area contributed by atoms with Gasteiger partial charge in [-0.25, -0.2) is 0 Å². The van der Waals surface area contributed by atoms with Gasteiger partial charge in [-0.05, 0) is 24.0 Å². The summed E-state index contributed by atoms with van der Waals surface area (Å²) < 4.78 is 0. The van der Waals surface area contributed by atoms with Crippen LogP contribution in [0.1, 0.15) is 12.5 Å². The minimum atomic E-state index is -0.200. The van der Waals surface area contributed by atoms with Gasteiger partial charge in [0.25, 0.3) is 0 Å². The molecule has 4 nitrogen and oxygen atoms in total. The standard InChI is InChI=1S/C14H13N3OS/c1-10(18)17-9-14(12(7-15)8-16)11-3-5-13(19-2)6-4-11/h3-6H,9H2,1-2H3,(H,17,18). The molecule has 0 bridgehead atoms. The molecule has 0 aromatic heterocycles. The number of hydrogen-bond donors (Lipinski definition) is 1. The third kappa shape index (κ3) is 4.17. The van der Waals surface area contributed by atoms with E-state index in [2.05, 4.69) is 5.32 Å². The van der Waals surface area contributed by atoms with Crippen molar-refractivity contribution in [2.45, 2.75) is 11.8 Å². The van der Waals surface area contributed by atoms with Gasteiger partial charge in [-0.1, -0.05) is 12.1 Å². The number of carbonyl (C=O) groups excluding carboxylic acids is 1. The largest absolute Gasteiger partial charge is 0.352 e. The first kappa shape index (κ1) is 14.8. The van der Waals surface area contributed by atoms with Crippen LogP contribution < -0.4 is 5.32 Å². The van der Waals surface area contributed by atoms with Crippen molar-refractivity contribution in [1.29, 1.82) is 10.5 Å². The quantitative estimate of drug-likeness (QED) is 0.673. The van der Waals surface area contributed by atoms with Gasteiger partial charge in [-0.3, -0.25) is 4.79 Å². The zero-order valence-corrected chi connectivity index (χ0v) is 11.5. The van der Waals surface area contributed by atoms with Gasteiger partial charge in [0.15, 0.2) is 0 Å². The summed E-state index contributed by atoms with van der Waals surface area (Å²) in [4.78, 5) is 12.1. The molecule has 0 spiro atoms. The highest BCUT2D eigenvalue weighted by Crippen LogP contribution is 2.21. The Bertz CT molecular complexity index is 560. The molecule has 96 valence electrons. The minimum Gasteiger partial charge on any atom is -0.352 e. The molecule has 0 heterocycles. The van der Waals surface area contributed by atoms with Gasteiger partial charge in [0.05, 0.1) is 0 Å². The highest BCUT2D eigenvalue weighted by Gasteiger charge is 2.10. The summed E-state index contributed by atoms with van der Waals surface area (Å²) >= 11 is 1.61. The van der Waals surface area contributed by atoms with Gasteiger partial charge in [-0.15, -0.1) is 11.8 Å². The van der Waals surface area contributed by atoms with Crippen LogP contribution in [0, 0.1) is 22.7 Å². The Balaban J connectivity index is 3.16. The van der Waals surface area contributed by atoms with Crippen molar-refractivity contribution in [2.24, 2.45) is 0 Å². The molecule has 19 heavy (non-hydrogen) atoms. The summed E-state index contributed by atoms with van der Waals surface area (Å²) in [5, 5.41) is 20.6. The second-order valence-electron chi connectivity index (χ2n) is 3.72. The number of amides is 1. The smallest absolute Gasteiger partial charge is 0.217 e. The van der Waals surface area contributed by atoms with E-state index in [9.17, 15) is 4.79 Å². The highest BCUT2D eigenvalue weighted by molar-refractivity contribution is 7.98. The number of allylic oxidation sites excluding steroid dienone is 1. The average Bonchev–Trinajstić information content (AvgIpc) is 2.43. The molecule has 1 aromatic carbocycles. The van der Waals surface area contributed by atoms with Crippen molar-refractivity contribution >= 4 is 23.2 Å². The molecule has 1 amide bonds. The van der Waals surface area contributed by atoms with Crippen molar-refractivity contribution in [3.63, 3.8) is 0 Å². The number of rotatable bonds is 4. The molecule has 0 saturated heterocycles. The molecule has 1 rings (SSSR count). The Kier molecular flexibility index (Phi) is 5.66. The number of carbonyl (C=O) groups is 1. The minimum absolute atomic E-state index is 0.0191. The van der Waals surface area contributed by atoms with E-state index in [1.54, 1.807) is 11.8 Å². The fourth-order valence-electron chi connectivity index (χ4n) is 1.50. The van der Waals surface area contributed by atoms with Crippen LogP contribution in [0.2, 0.25) is 0 Å². The summed E-state index contributed by atoms with van der Waals surface area (Å²) in [5.74, 6) is -0.200. The maximum absolute atomic E-state index is 11.0. The topological polar surface area (TPSA) is 76.7 Å². The molecule has 0 saturated carbocycles. The second kappa shape index (κ2) is 7.25. The molecule has 0 atom stereocenters. The number of nitriles is 2. The monoisotopic (exact) mass is 271 g/mol. The zero-order valence-electron chi connectivity index (χ0n) is 10.7. The van der Waals surface area contributed by atoms with Crippen LogP contribution in [0.15, 0.2) is 34.7 Å². The summed E-state index contributed by atoms with van der Waals surface area (Å²) in [7, 11) is 0. The molecule has 5 heteroatoms. The fourth-order valence-corrected chi connectivity index (χ4v) is 1.91. The summed E-state index contributed by atoms with van der Waals surface area (Å²) in [6.45, 7) is 1.57. The van der Waals surface area contributed by atoms with Crippen LogP contribution in [0.4, 0.5) is 0 Å². The van der Waals surface area contributed by atoms with Crippen LogP contribution in [-0.2, 0) is 4.79 Å². The molecule has 1 aromatic rings. The third-order valence-corrected chi connectivity index (χ3v) is 3.22. The molecule has 1 N–H and O–H groups in total. The third-order valence-electron chi connectivity index (χ3n) is 2.48. The van der Waals surface area contributed by atoms with Gasteiger partial charge < -0.3 is 5.32 Å².